The van der Waals surface area contributed by atoms with Crippen LogP contribution in [0.15, 0.2) is 12.1 Å². The van der Waals surface area contributed by atoms with E-state index in [-0.39, 0.29) is 17.6 Å². The van der Waals surface area contributed by atoms with Gasteiger partial charge < -0.3 is 10.0 Å². The summed E-state index contributed by atoms with van der Waals surface area (Å²) in [7, 11) is 1.99. The smallest absolute Gasteiger partial charge is 0.135 e. The monoisotopic (exact) mass is 285 g/mol. The SMILES string of the molecule is CN1C2CCCC1CC(O)(c1c(F)cc(F)cc1F)C2. The highest BCUT2D eigenvalue weighted by Crippen LogP contribution is 2.45. The summed E-state index contributed by atoms with van der Waals surface area (Å²) < 4.78 is 40.9. The van der Waals surface area contributed by atoms with Gasteiger partial charge in [-0.05, 0) is 32.7 Å². The number of hydrogen-bond donors (Lipinski definition) is 1. The lowest BCUT2D eigenvalue weighted by atomic mass is 9.72. The standard InChI is InChI=1S/C15H18F3NO/c1-19-10-3-2-4-11(19)8-15(20,7-10)14-12(17)5-9(16)6-13(14)18/h5-6,10-11,20H,2-4,7-8H2,1H3. The van der Waals surface area contributed by atoms with Crippen LogP contribution >= 0.6 is 0 Å². The normalized spacial score (nSPS) is 34.2. The number of aliphatic hydroxyl groups is 1. The molecule has 1 aromatic rings. The van der Waals surface area contributed by atoms with Crippen LogP contribution in [0, 0.1) is 17.5 Å². The number of benzene rings is 1. The van der Waals surface area contributed by atoms with E-state index in [2.05, 4.69) is 4.90 Å². The molecule has 2 saturated heterocycles. The molecule has 2 atom stereocenters. The quantitative estimate of drug-likeness (QED) is 0.857. The first kappa shape index (κ1) is 13.9. The maximum absolute atomic E-state index is 14.0. The average Bonchev–Trinajstić information content (AvgIpc) is 2.30. The minimum Gasteiger partial charge on any atom is -0.385 e. The third-order valence-corrected chi connectivity index (χ3v) is 4.85. The lowest BCUT2D eigenvalue weighted by Crippen LogP contribution is -2.55. The van der Waals surface area contributed by atoms with Gasteiger partial charge in [-0.1, -0.05) is 6.42 Å². The van der Waals surface area contributed by atoms with E-state index in [9.17, 15) is 18.3 Å². The van der Waals surface area contributed by atoms with Gasteiger partial charge in [0.05, 0.1) is 11.2 Å². The third kappa shape index (κ3) is 2.13. The molecule has 0 amide bonds. The van der Waals surface area contributed by atoms with Gasteiger partial charge in [0.1, 0.15) is 17.5 Å². The van der Waals surface area contributed by atoms with E-state index in [1.165, 1.54) is 0 Å². The van der Waals surface area contributed by atoms with E-state index in [1.807, 2.05) is 7.05 Å². The Kier molecular flexibility index (Phi) is 3.29. The van der Waals surface area contributed by atoms with Gasteiger partial charge in [0, 0.05) is 24.2 Å². The summed E-state index contributed by atoms with van der Waals surface area (Å²) in [6, 6.07) is 1.53. The topological polar surface area (TPSA) is 23.5 Å². The Morgan fingerprint density at radius 2 is 1.60 bits per heavy atom. The highest BCUT2D eigenvalue weighted by Gasteiger charge is 2.47. The molecule has 2 aliphatic heterocycles. The molecule has 110 valence electrons. The summed E-state index contributed by atoms with van der Waals surface area (Å²) in [5, 5.41) is 10.8. The zero-order valence-electron chi connectivity index (χ0n) is 11.4. The second-order valence-corrected chi connectivity index (χ2v) is 6.09. The Hall–Kier alpha value is -1.07. The van der Waals surface area contributed by atoms with Gasteiger partial charge in [-0.3, -0.25) is 0 Å². The van der Waals surface area contributed by atoms with Crippen LogP contribution in [0.4, 0.5) is 13.2 Å². The van der Waals surface area contributed by atoms with E-state index in [4.69, 9.17) is 0 Å². The molecule has 0 spiro atoms. The summed E-state index contributed by atoms with van der Waals surface area (Å²) in [5.74, 6) is -2.94. The fourth-order valence-corrected chi connectivity index (χ4v) is 3.84. The Morgan fingerprint density at radius 3 is 2.10 bits per heavy atom. The molecule has 2 bridgehead atoms. The maximum atomic E-state index is 14.0. The first-order valence-electron chi connectivity index (χ1n) is 7.00. The van der Waals surface area contributed by atoms with Crippen molar-refractivity contribution in [2.24, 2.45) is 0 Å². The molecule has 20 heavy (non-hydrogen) atoms. The summed E-state index contributed by atoms with van der Waals surface area (Å²) in [5.41, 5.74) is -1.91. The molecule has 3 rings (SSSR count). The average molecular weight is 285 g/mol. The summed E-state index contributed by atoms with van der Waals surface area (Å²) >= 11 is 0. The molecule has 1 aromatic carbocycles. The molecular weight excluding hydrogens is 267 g/mol. The minimum absolute atomic E-state index is 0.122. The number of nitrogens with zero attached hydrogens (tertiary/aromatic N) is 1. The molecule has 5 heteroatoms. The summed E-state index contributed by atoms with van der Waals surface area (Å²) in [6.45, 7) is 0. The molecule has 2 heterocycles. The first-order chi connectivity index (χ1) is 9.40. The Balaban J connectivity index is 2.01. The lowest BCUT2D eigenvalue weighted by Gasteiger charge is -2.50. The van der Waals surface area contributed by atoms with Crippen LogP contribution < -0.4 is 0 Å². The van der Waals surface area contributed by atoms with Crippen molar-refractivity contribution in [1.82, 2.24) is 4.90 Å². The van der Waals surface area contributed by atoms with Gasteiger partial charge in [-0.25, -0.2) is 13.2 Å². The van der Waals surface area contributed by atoms with Crippen molar-refractivity contribution in [1.29, 1.82) is 0 Å². The molecule has 1 N–H and O–H groups in total. The molecule has 0 aromatic heterocycles. The number of halogens is 3. The van der Waals surface area contributed by atoms with E-state index in [0.717, 1.165) is 19.3 Å². The van der Waals surface area contributed by atoms with Crippen LogP contribution in [-0.4, -0.2) is 29.1 Å². The van der Waals surface area contributed by atoms with Gasteiger partial charge in [-0.2, -0.15) is 0 Å². The number of fused-ring (bicyclic) bond motifs is 2. The number of rotatable bonds is 1. The minimum atomic E-state index is -1.54. The van der Waals surface area contributed by atoms with Crippen LogP contribution in [-0.2, 0) is 5.60 Å². The zero-order valence-corrected chi connectivity index (χ0v) is 11.4. The number of piperidine rings is 2. The van der Waals surface area contributed by atoms with Gasteiger partial charge in [0.25, 0.3) is 0 Å². The molecule has 2 fully saturated rings. The van der Waals surface area contributed by atoms with Crippen LogP contribution in [0.2, 0.25) is 0 Å². The fourth-order valence-electron chi connectivity index (χ4n) is 3.84. The van der Waals surface area contributed by atoms with Gasteiger partial charge in [-0.15, -0.1) is 0 Å². The third-order valence-electron chi connectivity index (χ3n) is 4.85. The highest BCUT2D eigenvalue weighted by atomic mass is 19.1. The molecule has 0 saturated carbocycles. The van der Waals surface area contributed by atoms with Gasteiger partial charge in [0.15, 0.2) is 0 Å². The van der Waals surface area contributed by atoms with Crippen LogP contribution in [0.3, 0.4) is 0 Å². The summed E-state index contributed by atoms with van der Waals surface area (Å²) in [6.07, 6.45) is 3.49. The largest absolute Gasteiger partial charge is 0.385 e. The predicted octanol–water partition coefficient (Wildman–Crippen LogP) is 2.94. The highest BCUT2D eigenvalue weighted by molar-refractivity contribution is 5.28. The van der Waals surface area contributed by atoms with Crippen molar-refractivity contribution in [3.8, 4) is 0 Å². The van der Waals surface area contributed by atoms with Gasteiger partial charge >= 0.3 is 0 Å². The predicted molar refractivity (Wildman–Crippen MR) is 68.6 cm³/mol. The molecule has 2 unspecified atom stereocenters. The van der Waals surface area contributed by atoms with Crippen molar-refractivity contribution in [2.75, 3.05) is 7.05 Å². The van der Waals surface area contributed by atoms with Crippen molar-refractivity contribution < 1.29 is 18.3 Å². The van der Waals surface area contributed by atoms with E-state index < -0.39 is 23.1 Å². The maximum Gasteiger partial charge on any atom is 0.135 e. The fraction of sp³-hybridized carbons (Fsp3) is 0.600. The Morgan fingerprint density at radius 1 is 1.10 bits per heavy atom. The molecule has 0 radical (unpaired) electrons. The van der Waals surface area contributed by atoms with Crippen LogP contribution in [0.1, 0.15) is 37.7 Å². The van der Waals surface area contributed by atoms with E-state index in [0.29, 0.717) is 25.0 Å². The molecule has 2 aliphatic rings. The molecular formula is C15H18F3NO. The van der Waals surface area contributed by atoms with Crippen molar-refractivity contribution in [3.05, 3.63) is 35.1 Å². The Labute approximate surface area is 116 Å². The van der Waals surface area contributed by atoms with Gasteiger partial charge in [0.2, 0.25) is 0 Å². The summed E-state index contributed by atoms with van der Waals surface area (Å²) in [4.78, 5) is 2.19. The van der Waals surface area contributed by atoms with Crippen LogP contribution in [0.25, 0.3) is 0 Å². The molecule has 0 aliphatic carbocycles. The van der Waals surface area contributed by atoms with Crippen LogP contribution in [0.5, 0.6) is 0 Å². The van der Waals surface area contributed by atoms with E-state index in [1.54, 1.807) is 0 Å². The zero-order chi connectivity index (χ0) is 14.5. The lowest BCUT2D eigenvalue weighted by molar-refractivity contribution is -0.0909. The van der Waals surface area contributed by atoms with Crippen molar-refractivity contribution in [3.63, 3.8) is 0 Å². The Bertz CT molecular complexity index is 497. The van der Waals surface area contributed by atoms with Crippen molar-refractivity contribution in [2.45, 2.75) is 49.8 Å². The second-order valence-electron chi connectivity index (χ2n) is 6.09. The van der Waals surface area contributed by atoms with E-state index >= 15 is 0 Å². The van der Waals surface area contributed by atoms with Crippen molar-refractivity contribution >= 4 is 0 Å². The second kappa shape index (κ2) is 4.74. The first-order valence-corrected chi connectivity index (χ1v) is 7.00. The molecule has 2 nitrogen and oxygen atoms in total. The number of hydrogen-bond acceptors (Lipinski definition) is 2.